The Kier molecular flexibility index (Phi) is 5.46. The molecule has 0 aliphatic heterocycles. The summed E-state index contributed by atoms with van der Waals surface area (Å²) >= 11 is 5.88. The summed E-state index contributed by atoms with van der Waals surface area (Å²) in [4.78, 5) is 0. The third-order valence-corrected chi connectivity index (χ3v) is 3.03. The first kappa shape index (κ1) is 15.2. The van der Waals surface area contributed by atoms with Gasteiger partial charge in [0.05, 0.1) is 6.21 Å². The quantitative estimate of drug-likeness (QED) is 0.381. The minimum Gasteiger partial charge on any atom is -0.490 e. The molecule has 0 saturated heterocycles. The molecular weight excluding hydrogens is 290 g/mol. The van der Waals surface area contributed by atoms with Gasteiger partial charge in [0.15, 0.2) is 0 Å². The molecule has 0 atom stereocenters. The first-order valence-electron chi connectivity index (χ1n) is 6.48. The van der Waals surface area contributed by atoms with Crippen molar-refractivity contribution >= 4 is 17.8 Å². The Labute approximate surface area is 128 Å². The molecule has 110 valence electrons. The number of halogens is 1. The molecule has 0 aromatic heterocycles. The third-order valence-electron chi connectivity index (χ3n) is 2.80. The van der Waals surface area contributed by atoms with E-state index >= 15 is 0 Å². The summed E-state index contributed by atoms with van der Waals surface area (Å²) in [7, 11) is 0. The van der Waals surface area contributed by atoms with Crippen molar-refractivity contribution in [1.82, 2.24) is 0 Å². The first-order valence-corrected chi connectivity index (χ1v) is 6.86. The van der Waals surface area contributed by atoms with Gasteiger partial charge in [-0.3, -0.25) is 0 Å². The van der Waals surface area contributed by atoms with E-state index in [9.17, 15) is 0 Å². The van der Waals surface area contributed by atoms with Gasteiger partial charge in [-0.1, -0.05) is 34.5 Å². The van der Waals surface area contributed by atoms with Gasteiger partial charge in [-0.05, 0) is 37.3 Å². The van der Waals surface area contributed by atoms with Crippen molar-refractivity contribution in [3.05, 3.63) is 58.6 Å². The van der Waals surface area contributed by atoms with E-state index in [-0.39, 0.29) is 0 Å². The molecule has 21 heavy (non-hydrogen) atoms. The minimum absolute atomic E-state index is 0.377. The average Bonchev–Trinajstić information content (AvgIpc) is 2.48. The zero-order chi connectivity index (χ0) is 15.1. The number of ether oxygens (including phenoxy) is 2. The molecule has 5 heteroatoms. The Bertz CT molecular complexity index is 611. The second-order valence-electron chi connectivity index (χ2n) is 4.44. The van der Waals surface area contributed by atoms with E-state index in [0.29, 0.717) is 29.5 Å². The predicted octanol–water partition coefficient (Wildman–Crippen LogP) is 3.91. The molecule has 0 amide bonds. The van der Waals surface area contributed by atoms with Crippen LogP contribution in [0.3, 0.4) is 0 Å². The van der Waals surface area contributed by atoms with Crippen LogP contribution in [0.4, 0.5) is 0 Å². The fourth-order valence-corrected chi connectivity index (χ4v) is 1.94. The van der Waals surface area contributed by atoms with Crippen LogP contribution < -0.4 is 9.47 Å². The molecule has 1 N–H and O–H groups in total. The van der Waals surface area contributed by atoms with Crippen LogP contribution in [0.2, 0.25) is 5.02 Å². The maximum absolute atomic E-state index is 8.62. The van der Waals surface area contributed by atoms with Crippen molar-refractivity contribution in [3.63, 3.8) is 0 Å². The molecule has 0 fully saturated rings. The normalized spacial score (nSPS) is 10.8. The van der Waals surface area contributed by atoms with E-state index in [2.05, 4.69) is 5.16 Å². The van der Waals surface area contributed by atoms with Gasteiger partial charge in [-0.2, -0.15) is 0 Å². The molecule has 0 radical (unpaired) electrons. The average molecular weight is 306 g/mol. The molecule has 0 unspecified atom stereocenters. The number of hydrogen-bond acceptors (Lipinski definition) is 4. The highest BCUT2D eigenvalue weighted by molar-refractivity contribution is 6.30. The number of nitrogens with zero attached hydrogens (tertiary/aromatic N) is 1. The summed E-state index contributed by atoms with van der Waals surface area (Å²) in [6.07, 6.45) is 1.28. The van der Waals surface area contributed by atoms with Crippen LogP contribution in [0.15, 0.2) is 47.6 Å². The lowest BCUT2D eigenvalue weighted by Crippen LogP contribution is -2.10. The Balaban J connectivity index is 1.87. The van der Waals surface area contributed by atoms with Gasteiger partial charge < -0.3 is 14.7 Å². The van der Waals surface area contributed by atoms with Crippen LogP contribution >= 0.6 is 11.6 Å². The highest BCUT2D eigenvalue weighted by atomic mass is 35.5. The van der Waals surface area contributed by atoms with Crippen molar-refractivity contribution in [2.75, 3.05) is 13.2 Å². The molecule has 0 aliphatic rings. The number of benzene rings is 2. The van der Waals surface area contributed by atoms with Crippen LogP contribution in [0.25, 0.3) is 0 Å². The molecule has 2 rings (SSSR count). The smallest absolute Gasteiger partial charge is 0.128 e. The largest absolute Gasteiger partial charge is 0.490 e. The van der Waals surface area contributed by atoms with Crippen molar-refractivity contribution in [2.45, 2.75) is 6.92 Å². The standard InChI is InChI=1S/C16H16ClNO3/c1-12-2-5-15(6-3-12)20-8-9-21-16-7-4-14(17)10-13(16)11-18-19/h2-7,10-11,19H,8-9H2,1H3. The molecule has 0 aliphatic carbocycles. The fourth-order valence-electron chi connectivity index (χ4n) is 1.76. The summed E-state index contributed by atoms with van der Waals surface area (Å²) < 4.78 is 11.2. The van der Waals surface area contributed by atoms with Crippen molar-refractivity contribution in [2.24, 2.45) is 5.16 Å². The second kappa shape index (κ2) is 7.55. The van der Waals surface area contributed by atoms with Gasteiger partial charge in [-0.25, -0.2) is 0 Å². The van der Waals surface area contributed by atoms with Crippen LogP contribution in [-0.2, 0) is 0 Å². The number of hydrogen-bond donors (Lipinski definition) is 1. The van der Waals surface area contributed by atoms with E-state index in [4.69, 9.17) is 26.3 Å². The molecule has 0 bridgehead atoms. The molecule has 4 nitrogen and oxygen atoms in total. The van der Waals surface area contributed by atoms with Crippen LogP contribution in [0.5, 0.6) is 11.5 Å². The van der Waals surface area contributed by atoms with Gasteiger partial charge in [0.1, 0.15) is 24.7 Å². The van der Waals surface area contributed by atoms with Crippen LogP contribution in [0, 0.1) is 6.92 Å². The number of oxime groups is 1. The van der Waals surface area contributed by atoms with Gasteiger partial charge in [0, 0.05) is 10.6 Å². The third kappa shape index (κ3) is 4.68. The van der Waals surface area contributed by atoms with Crippen molar-refractivity contribution < 1.29 is 14.7 Å². The van der Waals surface area contributed by atoms with E-state index in [1.54, 1.807) is 18.2 Å². The summed E-state index contributed by atoms with van der Waals surface area (Å²) in [6, 6.07) is 12.9. The SMILES string of the molecule is Cc1ccc(OCCOc2ccc(Cl)cc2C=NO)cc1. The Hall–Kier alpha value is -2.20. The molecule has 0 saturated carbocycles. The topological polar surface area (TPSA) is 51.0 Å². The maximum Gasteiger partial charge on any atom is 0.128 e. The Morgan fingerprint density at radius 2 is 1.81 bits per heavy atom. The van der Waals surface area contributed by atoms with E-state index in [1.165, 1.54) is 11.8 Å². The number of rotatable bonds is 6. The summed E-state index contributed by atoms with van der Waals surface area (Å²) in [5, 5.41) is 12.2. The highest BCUT2D eigenvalue weighted by Gasteiger charge is 2.03. The number of aryl methyl sites for hydroxylation is 1. The van der Waals surface area contributed by atoms with Crippen LogP contribution in [-0.4, -0.2) is 24.6 Å². The lowest BCUT2D eigenvalue weighted by atomic mass is 10.2. The Morgan fingerprint density at radius 3 is 2.52 bits per heavy atom. The zero-order valence-corrected chi connectivity index (χ0v) is 12.4. The highest BCUT2D eigenvalue weighted by Crippen LogP contribution is 2.21. The minimum atomic E-state index is 0.377. The maximum atomic E-state index is 8.62. The second-order valence-corrected chi connectivity index (χ2v) is 4.87. The van der Waals surface area contributed by atoms with Gasteiger partial charge in [0.25, 0.3) is 0 Å². The van der Waals surface area contributed by atoms with Crippen molar-refractivity contribution in [3.8, 4) is 11.5 Å². The molecule has 0 spiro atoms. The molecular formula is C16H16ClNO3. The van der Waals surface area contributed by atoms with Crippen molar-refractivity contribution in [1.29, 1.82) is 0 Å². The molecule has 0 heterocycles. The van der Waals surface area contributed by atoms with Gasteiger partial charge in [0.2, 0.25) is 0 Å². The first-order chi connectivity index (χ1) is 10.2. The Morgan fingerprint density at radius 1 is 1.10 bits per heavy atom. The van der Waals surface area contributed by atoms with E-state index in [0.717, 1.165) is 5.75 Å². The predicted molar refractivity (Wildman–Crippen MR) is 83.0 cm³/mol. The summed E-state index contributed by atoms with van der Waals surface area (Å²) in [5.41, 5.74) is 1.80. The monoisotopic (exact) mass is 305 g/mol. The zero-order valence-electron chi connectivity index (χ0n) is 11.6. The lowest BCUT2D eigenvalue weighted by Gasteiger charge is -2.10. The summed E-state index contributed by atoms with van der Waals surface area (Å²) in [5.74, 6) is 1.39. The van der Waals surface area contributed by atoms with E-state index < -0.39 is 0 Å². The molecule has 2 aromatic rings. The van der Waals surface area contributed by atoms with E-state index in [1.807, 2.05) is 31.2 Å². The van der Waals surface area contributed by atoms with Gasteiger partial charge >= 0.3 is 0 Å². The lowest BCUT2D eigenvalue weighted by molar-refractivity contribution is 0.217. The summed E-state index contributed by atoms with van der Waals surface area (Å²) in [6.45, 7) is 2.82. The van der Waals surface area contributed by atoms with Gasteiger partial charge in [-0.15, -0.1) is 0 Å². The molecule has 2 aromatic carbocycles. The fraction of sp³-hybridized carbons (Fsp3) is 0.188. The van der Waals surface area contributed by atoms with Crippen LogP contribution in [0.1, 0.15) is 11.1 Å².